The first-order valence-electron chi connectivity index (χ1n) is 17.4. The van der Waals surface area contributed by atoms with Crippen LogP contribution in [-0.2, 0) is 14.3 Å². The van der Waals surface area contributed by atoms with E-state index in [9.17, 15) is 24.0 Å². The summed E-state index contributed by atoms with van der Waals surface area (Å²) in [6.45, 7) is 8.08. The van der Waals surface area contributed by atoms with Crippen LogP contribution in [-0.4, -0.2) is 75.8 Å². The Morgan fingerprint density at radius 2 is 1.53 bits per heavy atom. The van der Waals surface area contributed by atoms with E-state index in [2.05, 4.69) is 16.0 Å². The normalized spacial score (nSPS) is 10.8. The van der Waals surface area contributed by atoms with Crippen molar-refractivity contribution in [3.63, 3.8) is 0 Å². The second-order valence-electron chi connectivity index (χ2n) is 13.2. The molecule has 53 heavy (non-hydrogen) atoms. The predicted octanol–water partition coefficient (Wildman–Crippen LogP) is 5.37. The Bertz CT molecular complexity index is 1740. The number of carbonyl (C=O) groups excluding carboxylic acids is 5. The number of carbonyl (C=O) groups is 5. The molecule has 3 aromatic carbocycles. The van der Waals surface area contributed by atoms with Gasteiger partial charge in [-0.3, -0.25) is 19.2 Å². The van der Waals surface area contributed by atoms with Gasteiger partial charge < -0.3 is 45.5 Å². The molecular formula is C39H51N5O9. The maximum absolute atomic E-state index is 13.7. The summed E-state index contributed by atoms with van der Waals surface area (Å²) in [5, 5.41) is 7.99. The standard InChI is InChI=1S/C39H51N5O9/c1-26-16-19-30(33(23-26)52-21-11-7-8-15-35(46)42-25-34(40)45)44(5)37(48)27-17-18-29(32(24-27)50-6)43-36(47)28-13-9-10-14-31(28)51-22-12-20-41-38(49)53-39(2,3)4/h9-10,13-14,16-19,23-24H,7-8,11-12,15,20-22,25H2,1-6H3,(H2,40,45)(H,41,49)(H,42,46)(H,43,47). The molecule has 3 aromatic rings. The van der Waals surface area contributed by atoms with E-state index in [1.54, 1.807) is 70.3 Å². The molecule has 5 N–H and O–H groups in total. The highest BCUT2D eigenvalue weighted by Gasteiger charge is 2.21. The molecule has 0 aromatic heterocycles. The number of amides is 5. The number of methoxy groups -OCH3 is 1. The van der Waals surface area contributed by atoms with Crippen molar-refractivity contribution in [1.29, 1.82) is 0 Å². The summed E-state index contributed by atoms with van der Waals surface area (Å²) in [4.78, 5) is 63.0. The van der Waals surface area contributed by atoms with Crippen molar-refractivity contribution < 1.29 is 42.9 Å². The summed E-state index contributed by atoms with van der Waals surface area (Å²) >= 11 is 0. The second-order valence-corrected chi connectivity index (χ2v) is 13.2. The van der Waals surface area contributed by atoms with Gasteiger partial charge in [-0.05, 0) is 101 Å². The van der Waals surface area contributed by atoms with E-state index >= 15 is 0 Å². The van der Waals surface area contributed by atoms with Gasteiger partial charge in [0.1, 0.15) is 22.8 Å². The SMILES string of the molecule is COc1cc(C(=O)N(C)c2ccc(C)cc2OCCCCCC(=O)NCC(N)=O)ccc1NC(=O)c1ccccc1OCCCNC(=O)OC(C)(C)C. The lowest BCUT2D eigenvalue weighted by molar-refractivity contribution is -0.124. The summed E-state index contributed by atoms with van der Waals surface area (Å²) in [6.07, 6.45) is 2.31. The number of alkyl carbamates (subject to hydrolysis) is 1. The molecule has 0 bridgehead atoms. The third-order valence-electron chi connectivity index (χ3n) is 7.62. The van der Waals surface area contributed by atoms with Gasteiger partial charge in [0.25, 0.3) is 11.8 Å². The quantitative estimate of drug-likeness (QED) is 0.118. The van der Waals surface area contributed by atoms with Crippen LogP contribution >= 0.6 is 0 Å². The summed E-state index contributed by atoms with van der Waals surface area (Å²) < 4.78 is 22.7. The lowest BCUT2D eigenvalue weighted by Crippen LogP contribution is -2.33. The third-order valence-corrected chi connectivity index (χ3v) is 7.62. The van der Waals surface area contributed by atoms with Gasteiger partial charge in [0.15, 0.2) is 0 Å². The molecule has 14 nitrogen and oxygen atoms in total. The van der Waals surface area contributed by atoms with E-state index in [0.717, 1.165) is 12.0 Å². The van der Waals surface area contributed by atoms with Crippen molar-refractivity contribution in [2.24, 2.45) is 5.73 Å². The molecule has 0 heterocycles. The van der Waals surface area contributed by atoms with E-state index in [1.807, 2.05) is 25.1 Å². The van der Waals surface area contributed by atoms with Crippen molar-refractivity contribution in [3.8, 4) is 17.2 Å². The van der Waals surface area contributed by atoms with Crippen molar-refractivity contribution in [1.82, 2.24) is 10.6 Å². The molecule has 0 saturated heterocycles. The van der Waals surface area contributed by atoms with Gasteiger partial charge in [-0.25, -0.2) is 4.79 Å². The van der Waals surface area contributed by atoms with Crippen LogP contribution in [0.15, 0.2) is 60.7 Å². The smallest absolute Gasteiger partial charge is 0.407 e. The zero-order valence-corrected chi connectivity index (χ0v) is 31.3. The monoisotopic (exact) mass is 733 g/mol. The summed E-state index contributed by atoms with van der Waals surface area (Å²) in [7, 11) is 3.10. The van der Waals surface area contributed by atoms with Crippen LogP contribution in [0.4, 0.5) is 16.2 Å². The first-order valence-corrected chi connectivity index (χ1v) is 17.4. The van der Waals surface area contributed by atoms with E-state index in [0.29, 0.717) is 66.4 Å². The van der Waals surface area contributed by atoms with Crippen molar-refractivity contribution >= 4 is 41.1 Å². The molecule has 0 unspecified atom stereocenters. The number of hydrogen-bond donors (Lipinski definition) is 4. The lowest BCUT2D eigenvalue weighted by atomic mass is 10.1. The molecule has 0 aliphatic heterocycles. The minimum atomic E-state index is -0.592. The summed E-state index contributed by atoms with van der Waals surface area (Å²) in [6, 6.07) is 17.1. The predicted molar refractivity (Wildman–Crippen MR) is 202 cm³/mol. The number of aryl methyl sites for hydroxylation is 1. The van der Waals surface area contributed by atoms with Gasteiger partial charge in [0.2, 0.25) is 11.8 Å². The number of primary amides is 1. The van der Waals surface area contributed by atoms with Crippen LogP contribution in [0.2, 0.25) is 0 Å². The Kier molecular flexibility index (Phi) is 15.9. The average Bonchev–Trinajstić information content (AvgIpc) is 3.11. The number of nitrogens with zero attached hydrogens (tertiary/aromatic N) is 1. The maximum Gasteiger partial charge on any atom is 0.407 e. The highest BCUT2D eigenvalue weighted by atomic mass is 16.6. The van der Waals surface area contributed by atoms with E-state index in [1.165, 1.54) is 12.0 Å². The Labute approximate surface area is 310 Å². The fraction of sp³-hybridized carbons (Fsp3) is 0.410. The second kappa shape index (κ2) is 20.3. The number of benzene rings is 3. The zero-order valence-electron chi connectivity index (χ0n) is 31.3. The summed E-state index contributed by atoms with van der Waals surface area (Å²) in [5.41, 5.74) is 6.97. The van der Waals surface area contributed by atoms with E-state index < -0.39 is 23.5 Å². The molecule has 286 valence electrons. The Balaban J connectivity index is 1.60. The minimum Gasteiger partial charge on any atom is -0.495 e. The molecule has 3 rings (SSSR count). The van der Waals surface area contributed by atoms with Gasteiger partial charge in [0.05, 0.1) is 43.8 Å². The molecule has 0 saturated carbocycles. The van der Waals surface area contributed by atoms with E-state index in [-0.39, 0.29) is 37.1 Å². The van der Waals surface area contributed by atoms with Gasteiger partial charge in [0, 0.05) is 25.6 Å². The molecule has 0 aliphatic rings. The third kappa shape index (κ3) is 14.0. The highest BCUT2D eigenvalue weighted by Crippen LogP contribution is 2.32. The zero-order chi connectivity index (χ0) is 39.0. The van der Waals surface area contributed by atoms with Crippen LogP contribution in [0.5, 0.6) is 17.2 Å². The van der Waals surface area contributed by atoms with Gasteiger partial charge in [-0.15, -0.1) is 0 Å². The summed E-state index contributed by atoms with van der Waals surface area (Å²) in [5.74, 6) is -0.382. The highest BCUT2D eigenvalue weighted by molar-refractivity contribution is 6.09. The maximum atomic E-state index is 13.7. The fourth-order valence-electron chi connectivity index (χ4n) is 4.99. The van der Waals surface area contributed by atoms with Crippen LogP contribution in [0.25, 0.3) is 0 Å². The number of unbranched alkanes of at least 4 members (excludes halogenated alkanes) is 2. The van der Waals surface area contributed by atoms with Gasteiger partial charge >= 0.3 is 6.09 Å². The topological polar surface area (TPSA) is 188 Å². The van der Waals surface area contributed by atoms with Crippen LogP contribution in [0, 0.1) is 6.92 Å². The molecule has 14 heteroatoms. The number of nitrogens with two attached hydrogens (primary N) is 1. The van der Waals surface area contributed by atoms with Gasteiger partial charge in [-0.1, -0.05) is 18.2 Å². The van der Waals surface area contributed by atoms with Crippen LogP contribution in [0.1, 0.15) is 79.2 Å². The number of hydrogen-bond acceptors (Lipinski definition) is 9. The molecular weight excluding hydrogens is 682 g/mol. The van der Waals surface area contributed by atoms with Crippen molar-refractivity contribution in [3.05, 3.63) is 77.4 Å². The first kappa shape index (κ1) is 41.6. The number of ether oxygens (including phenoxy) is 4. The number of para-hydroxylation sites is 1. The molecule has 0 aliphatic carbocycles. The van der Waals surface area contributed by atoms with Crippen LogP contribution in [0.3, 0.4) is 0 Å². The molecule has 0 atom stereocenters. The molecule has 5 amide bonds. The van der Waals surface area contributed by atoms with Crippen LogP contribution < -0.4 is 40.8 Å². The Hall–Kier alpha value is -5.79. The van der Waals surface area contributed by atoms with E-state index in [4.69, 9.17) is 24.7 Å². The lowest BCUT2D eigenvalue weighted by Gasteiger charge is -2.22. The minimum absolute atomic E-state index is 0.177. The fourth-order valence-corrected chi connectivity index (χ4v) is 4.99. The Morgan fingerprint density at radius 3 is 2.25 bits per heavy atom. The molecule has 0 fully saturated rings. The number of rotatable bonds is 19. The molecule has 0 spiro atoms. The van der Waals surface area contributed by atoms with Crippen molar-refractivity contribution in [2.75, 3.05) is 50.7 Å². The Morgan fingerprint density at radius 1 is 0.811 bits per heavy atom. The first-order chi connectivity index (χ1) is 25.2. The molecule has 0 radical (unpaired) electrons. The number of nitrogens with one attached hydrogen (secondary N) is 3. The van der Waals surface area contributed by atoms with Gasteiger partial charge in [-0.2, -0.15) is 0 Å². The largest absolute Gasteiger partial charge is 0.495 e. The number of anilines is 2. The average molecular weight is 734 g/mol. The van der Waals surface area contributed by atoms with Crippen molar-refractivity contribution in [2.45, 2.75) is 65.4 Å².